The van der Waals surface area contributed by atoms with Crippen LogP contribution in [0.5, 0.6) is 0 Å². The first-order valence-corrected chi connectivity index (χ1v) is 12.5. The SMILES string of the molecule is CC1NC(=O)CN(CC(=O)NC(Cc2c[nH]c3ccccc23)C(=O)N(C)Cc2ccc(Cl)c(Cl)c2)C1=O. The monoisotopic (exact) mass is 543 g/mol. The van der Waals surface area contributed by atoms with Gasteiger partial charge in [0.15, 0.2) is 0 Å². The van der Waals surface area contributed by atoms with Crippen molar-refractivity contribution in [1.29, 1.82) is 0 Å². The molecule has 3 aromatic rings. The molecule has 1 aliphatic heterocycles. The van der Waals surface area contributed by atoms with E-state index in [1.807, 2.05) is 30.5 Å². The summed E-state index contributed by atoms with van der Waals surface area (Å²) in [4.78, 5) is 56.7. The van der Waals surface area contributed by atoms with Crippen LogP contribution in [0.3, 0.4) is 0 Å². The third-order valence-corrected chi connectivity index (χ3v) is 6.98. The quantitative estimate of drug-likeness (QED) is 0.405. The molecule has 1 aliphatic rings. The summed E-state index contributed by atoms with van der Waals surface area (Å²) in [6.45, 7) is 1.27. The van der Waals surface area contributed by atoms with Crippen molar-refractivity contribution in [2.24, 2.45) is 0 Å². The Hall–Kier alpha value is -3.56. The fourth-order valence-corrected chi connectivity index (χ4v) is 4.72. The number of H-pyrrole nitrogens is 1. The van der Waals surface area contributed by atoms with Crippen molar-refractivity contribution in [3.8, 4) is 0 Å². The lowest BCUT2D eigenvalue weighted by molar-refractivity contribution is -0.146. The lowest BCUT2D eigenvalue weighted by atomic mass is 10.0. The van der Waals surface area contributed by atoms with Gasteiger partial charge in [0.05, 0.1) is 10.0 Å². The summed E-state index contributed by atoms with van der Waals surface area (Å²) >= 11 is 12.1. The molecule has 0 spiro atoms. The van der Waals surface area contributed by atoms with Gasteiger partial charge in [0.1, 0.15) is 25.2 Å². The predicted molar refractivity (Wildman–Crippen MR) is 141 cm³/mol. The molecule has 0 aliphatic carbocycles. The van der Waals surface area contributed by atoms with Crippen molar-refractivity contribution in [1.82, 2.24) is 25.4 Å². The van der Waals surface area contributed by atoms with Gasteiger partial charge in [0.25, 0.3) is 0 Å². The zero-order chi connectivity index (χ0) is 26.7. The van der Waals surface area contributed by atoms with Crippen molar-refractivity contribution >= 4 is 57.7 Å². The number of nitrogens with zero attached hydrogens (tertiary/aromatic N) is 2. The molecule has 11 heteroatoms. The normalized spacial score (nSPS) is 16.4. The molecule has 1 saturated heterocycles. The van der Waals surface area contributed by atoms with Crippen LogP contribution >= 0.6 is 23.2 Å². The first-order chi connectivity index (χ1) is 17.6. The smallest absolute Gasteiger partial charge is 0.245 e. The van der Waals surface area contributed by atoms with E-state index < -0.39 is 18.0 Å². The first kappa shape index (κ1) is 26.5. The van der Waals surface area contributed by atoms with Gasteiger partial charge in [-0.1, -0.05) is 47.5 Å². The Bertz CT molecular complexity index is 1360. The second-order valence-corrected chi connectivity index (χ2v) is 9.92. The molecule has 194 valence electrons. The zero-order valence-electron chi connectivity index (χ0n) is 20.4. The highest BCUT2D eigenvalue weighted by Gasteiger charge is 2.32. The van der Waals surface area contributed by atoms with Gasteiger partial charge in [-0.3, -0.25) is 19.2 Å². The van der Waals surface area contributed by atoms with E-state index in [2.05, 4.69) is 15.6 Å². The van der Waals surface area contributed by atoms with Gasteiger partial charge >= 0.3 is 0 Å². The summed E-state index contributed by atoms with van der Waals surface area (Å²) in [5, 5.41) is 7.07. The molecule has 0 bridgehead atoms. The summed E-state index contributed by atoms with van der Waals surface area (Å²) in [6.07, 6.45) is 2.04. The van der Waals surface area contributed by atoms with Gasteiger partial charge < -0.3 is 25.4 Å². The third kappa shape index (κ3) is 6.23. The Balaban J connectivity index is 1.53. The van der Waals surface area contributed by atoms with Gasteiger partial charge in [0.2, 0.25) is 23.6 Å². The van der Waals surface area contributed by atoms with Crippen molar-refractivity contribution < 1.29 is 19.2 Å². The molecule has 1 fully saturated rings. The first-order valence-electron chi connectivity index (χ1n) is 11.7. The minimum atomic E-state index is -0.911. The summed E-state index contributed by atoms with van der Waals surface area (Å²) in [5.74, 6) is -1.55. The molecule has 2 aromatic carbocycles. The summed E-state index contributed by atoms with van der Waals surface area (Å²) < 4.78 is 0. The third-order valence-electron chi connectivity index (χ3n) is 6.24. The number of piperazine rings is 1. The van der Waals surface area contributed by atoms with Gasteiger partial charge in [-0.05, 0) is 36.2 Å². The Morgan fingerprint density at radius 2 is 1.92 bits per heavy atom. The van der Waals surface area contributed by atoms with Gasteiger partial charge in [-0.2, -0.15) is 0 Å². The average Bonchev–Trinajstić information content (AvgIpc) is 3.26. The molecule has 2 atom stereocenters. The Morgan fingerprint density at radius 1 is 1.16 bits per heavy atom. The van der Waals surface area contributed by atoms with E-state index in [0.29, 0.717) is 10.0 Å². The number of hydrogen-bond donors (Lipinski definition) is 3. The number of para-hydroxylation sites is 1. The molecule has 3 N–H and O–H groups in total. The number of benzene rings is 2. The van der Waals surface area contributed by atoms with Gasteiger partial charge in [0, 0.05) is 37.1 Å². The fraction of sp³-hybridized carbons (Fsp3) is 0.308. The summed E-state index contributed by atoms with van der Waals surface area (Å²) in [7, 11) is 1.64. The van der Waals surface area contributed by atoms with Crippen LogP contribution in [-0.4, -0.2) is 70.6 Å². The van der Waals surface area contributed by atoms with E-state index in [0.717, 1.165) is 22.0 Å². The minimum absolute atomic E-state index is 0.213. The lowest BCUT2D eigenvalue weighted by Crippen LogP contribution is -2.59. The van der Waals surface area contributed by atoms with Gasteiger partial charge in [-0.15, -0.1) is 0 Å². The number of carbonyl (C=O) groups excluding carboxylic acids is 4. The van der Waals surface area contributed by atoms with E-state index in [4.69, 9.17) is 23.2 Å². The number of amides is 4. The van der Waals surface area contributed by atoms with Gasteiger partial charge in [-0.25, -0.2) is 0 Å². The van der Waals surface area contributed by atoms with Crippen LogP contribution in [0.15, 0.2) is 48.7 Å². The molecule has 2 heterocycles. The largest absolute Gasteiger partial charge is 0.361 e. The van der Waals surface area contributed by atoms with E-state index in [9.17, 15) is 19.2 Å². The van der Waals surface area contributed by atoms with Crippen molar-refractivity contribution in [2.45, 2.75) is 32.0 Å². The van der Waals surface area contributed by atoms with E-state index in [-0.39, 0.29) is 43.8 Å². The van der Waals surface area contributed by atoms with Crippen molar-refractivity contribution in [3.63, 3.8) is 0 Å². The molecule has 9 nitrogen and oxygen atoms in total. The minimum Gasteiger partial charge on any atom is -0.361 e. The topological polar surface area (TPSA) is 115 Å². The van der Waals surface area contributed by atoms with E-state index in [1.54, 1.807) is 32.2 Å². The zero-order valence-corrected chi connectivity index (χ0v) is 21.9. The number of rotatable bonds is 8. The second kappa shape index (κ2) is 11.2. The molecule has 0 radical (unpaired) electrons. The van der Waals surface area contributed by atoms with Crippen LogP contribution in [0.25, 0.3) is 10.9 Å². The van der Waals surface area contributed by atoms with E-state index in [1.165, 1.54) is 9.80 Å². The molecule has 2 unspecified atom stereocenters. The highest BCUT2D eigenvalue weighted by atomic mass is 35.5. The summed E-state index contributed by atoms with van der Waals surface area (Å²) in [6, 6.07) is 11.2. The second-order valence-electron chi connectivity index (χ2n) is 9.11. The number of nitrogens with one attached hydrogen (secondary N) is 3. The number of aromatic nitrogens is 1. The van der Waals surface area contributed by atoms with Crippen LogP contribution in [0.1, 0.15) is 18.1 Å². The maximum Gasteiger partial charge on any atom is 0.245 e. The Morgan fingerprint density at radius 3 is 2.68 bits per heavy atom. The maximum absolute atomic E-state index is 13.6. The van der Waals surface area contributed by atoms with Crippen molar-refractivity contribution in [2.75, 3.05) is 20.1 Å². The molecule has 4 amide bonds. The van der Waals surface area contributed by atoms with Crippen LogP contribution in [-0.2, 0) is 32.1 Å². The molecule has 4 rings (SSSR count). The number of likely N-dealkylation sites (N-methyl/N-ethyl adjacent to an activating group) is 1. The Labute approximate surface area is 224 Å². The van der Waals surface area contributed by atoms with Crippen LogP contribution in [0, 0.1) is 0 Å². The van der Waals surface area contributed by atoms with Crippen molar-refractivity contribution in [3.05, 3.63) is 69.8 Å². The number of carbonyl (C=O) groups is 4. The predicted octanol–water partition coefficient (Wildman–Crippen LogP) is 2.51. The lowest BCUT2D eigenvalue weighted by Gasteiger charge is -2.31. The highest BCUT2D eigenvalue weighted by Crippen LogP contribution is 2.24. The van der Waals surface area contributed by atoms with Crippen LogP contribution in [0.4, 0.5) is 0 Å². The van der Waals surface area contributed by atoms with Crippen LogP contribution < -0.4 is 10.6 Å². The number of halogens is 2. The molecular formula is C26H27Cl2N5O4. The number of aromatic amines is 1. The molecule has 0 saturated carbocycles. The number of fused-ring (bicyclic) bond motifs is 1. The number of hydrogen-bond acceptors (Lipinski definition) is 4. The van der Waals surface area contributed by atoms with Crippen LogP contribution in [0.2, 0.25) is 10.0 Å². The highest BCUT2D eigenvalue weighted by molar-refractivity contribution is 6.42. The Kier molecular flexibility index (Phi) is 8.04. The maximum atomic E-state index is 13.6. The molecule has 1 aromatic heterocycles. The average molecular weight is 544 g/mol. The molecular weight excluding hydrogens is 517 g/mol. The summed E-state index contributed by atoms with van der Waals surface area (Å²) in [5.41, 5.74) is 2.55. The fourth-order valence-electron chi connectivity index (χ4n) is 4.40. The van der Waals surface area contributed by atoms with E-state index >= 15 is 0 Å². The molecule has 37 heavy (non-hydrogen) atoms. The standard InChI is InChI=1S/C26H27Cl2N5O4/c1-15-25(36)33(13-23(34)30-15)14-24(35)31-22(10-17-11-29-21-6-4-3-5-18(17)21)26(37)32(2)12-16-7-8-19(27)20(28)9-16/h3-9,11,15,22,29H,10,12-14H2,1-2H3,(H,30,34)(H,31,35).